The van der Waals surface area contributed by atoms with Crippen LogP contribution in [-0.4, -0.2) is 42.5 Å². The second-order valence-corrected chi connectivity index (χ2v) is 9.51. The Morgan fingerprint density at radius 3 is 2.35 bits per heavy atom. The predicted octanol–water partition coefficient (Wildman–Crippen LogP) is 6.32. The van der Waals surface area contributed by atoms with Gasteiger partial charge in [-0.2, -0.15) is 5.10 Å². The summed E-state index contributed by atoms with van der Waals surface area (Å²) in [6.07, 6.45) is 1.50. The van der Waals surface area contributed by atoms with Gasteiger partial charge in [0.2, 0.25) is 0 Å². The molecule has 1 heterocycles. The summed E-state index contributed by atoms with van der Waals surface area (Å²) in [6.45, 7) is 6.06. The van der Waals surface area contributed by atoms with Crippen LogP contribution in [0, 0.1) is 6.92 Å². The Hall–Kier alpha value is -4.37. The summed E-state index contributed by atoms with van der Waals surface area (Å²) in [5.74, 6) is 0.0124. The van der Waals surface area contributed by atoms with Crippen LogP contribution in [-0.2, 0) is 9.53 Å². The number of carbonyl (C=O) groups excluding carboxylic acids is 2. The highest BCUT2D eigenvalue weighted by atomic mass is 79.9. The molecule has 0 radical (unpaired) electrons. The van der Waals surface area contributed by atoms with E-state index in [4.69, 9.17) is 14.2 Å². The molecule has 0 aliphatic heterocycles. The van der Waals surface area contributed by atoms with Gasteiger partial charge < -0.3 is 18.8 Å². The molecule has 0 spiro atoms. The average molecular weight is 605 g/mol. The smallest absolute Gasteiger partial charge is 0.344 e. The Balaban J connectivity index is 1.45. The maximum atomic E-state index is 12.8. The van der Waals surface area contributed by atoms with Crippen molar-refractivity contribution in [2.24, 2.45) is 5.10 Å². The minimum Gasteiger partial charge on any atom is -0.490 e. The van der Waals surface area contributed by atoms with E-state index in [1.165, 1.54) is 6.21 Å². The number of esters is 1. The molecule has 8 nitrogen and oxygen atoms in total. The van der Waals surface area contributed by atoms with Crippen molar-refractivity contribution in [2.45, 2.75) is 20.8 Å². The molecular weight excluding hydrogens is 574 g/mol. The van der Waals surface area contributed by atoms with Crippen molar-refractivity contribution in [3.05, 3.63) is 100 Å². The fourth-order valence-electron chi connectivity index (χ4n) is 4.07. The maximum absolute atomic E-state index is 12.8. The third-order valence-electron chi connectivity index (χ3n) is 5.92. The van der Waals surface area contributed by atoms with E-state index < -0.39 is 5.97 Å². The predicted molar refractivity (Wildman–Crippen MR) is 158 cm³/mol. The summed E-state index contributed by atoms with van der Waals surface area (Å²) in [4.78, 5) is 24.4. The minimum absolute atomic E-state index is 0.236. The zero-order chi connectivity index (χ0) is 28.5. The van der Waals surface area contributed by atoms with Gasteiger partial charge in [-0.1, -0.05) is 30.3 Å². The molecule has 0 atom stereocenters. The molecule has 9 heteroatoms. The fraction of sp³-hybridized carbons (Fsp3) is 0.194. The summed E-state index contributed by atoms with van der Waals surface area (Å²) in [5.41, 5.74) is 7.94. The summed E-state index contributed by atoms with van der Waals surface area (Å²) in [5, 5.41) is 4.12. The molecule has 1 N–H and O–H groups in total. The van der Waals surface area contributed by atoms with Crippen LogP contribution in [0.15, 0.2) is 88.4 Å². The zero-order valence-electron chi connectivity index (χ0n) is 22.5. The van der Waals surface area contributed by atoms with Gasteiger partial charge >= 0.3 is 5.97 Å². The molecule has 0 fully saturated rings. The van der Waals surface area contributed by atoms with Crippen LogP contribution in [0.3, 0.4) is 0 Å². The van der Waals surface area contributed by atoms with Gasteiger partial charge in [0.15, 0.2) is 18.1 Å². The average Bonchev–Trinajstić information content (AvgIpc) is 3.35. The Labute approximate surface area is 241 Å². The van der Waals surface area contributed by atoms with E-state index in [0.29, 0.717) is 33.7 Å². The number of benzene rings is 3. The number of ether oxygens (including phenoxy) is 3. The second-order valence-electron chi connectivity index (χ2n) is 8.65. The standard InChI is InChI=1S/C31H30BrN3O5/c1-4-38-28-17-24(26(32)18-29(28)40-20-30(36)39-5-2)19-33-34-31(37)23-12-14-25(15-13-23)35-21(3)11-16-27(35)22-9-7-6-8-10-22/h6-19H,4-5,20H2,1-3H3,(H,34,37)/b33-19+. The van der Waals surface area contributed by atoms with Crippen LogP contribution < -0.4 is 14.9 Å². The molecule has 1 amide bonds. The number of nitrogens with one attached hydrogen (secondary N) is 1. The van der Waals surface area contributed by atoms with E-state index in [2.05, 4.69) is 62.2 Å². The lowest BCUT2D eigenvalue weighted by molar-refractivity contribution is -0.145. The molecule has 0 saturated carbocycles. The van der Waals surface area contributed by atoms with E-state index in [9.17, 15) is 9.59 Å². The summed E-state index contributed by atoms with van der Waals surface area (Å²) >= 11 is 3.48. The first-order valence-electron chi connectivity index (χ1n) is 12.8. The quantitative estimate of drug-likeness (QED) is 0.123. The molecule has 40 heavy (non-hydrogen) atoms. The van der Waals surface area contributed by atoms with Crippen LogP contribution in [0.1, 0.15) is 35.5 Å². The Kier molecular flexibility index (Phi) is 9.75. The molecule has 0 saturated heterocycles. The molecule has 4 aromatic rings. The monoisotopic (exact) mass is 603 g/mol. The van der Waals surface area contributed by atoms with Gasteiger partial charge in [-0.15, -0.1) is 0 Å². The lowest BCUT2D eigenvalue weighted by atomic mass is 10.1. The van der Waals surface area contributed by atoms with Gasteiger partial charge in [0, 0.05) is 27.0 Å². The van der Waals surface area contributed by atoms with Crippen molar-refractivity contribution in [3.63, 3.8) is 0 Å². The molecule has 0 aliphatic carbocycles. The fourth-order valence-corrected chi connectivity index (χ4v) is 4.50. The molecular formula is C31H30BrN3O5. The maximum Gasteiger partial charge on any atom is 0.344 e. The number of hydrazone groups is 1. The van der Waals surface area contributed by atoms with E-state index in [1.807, 2.05) is 37.3 Å². The van der Waals surface area contributed by atoms with Crippen molar-refractivity contribution in [1.29, 1.82) is 0 Å². The highest BCUT2D eigenvalue weighted by Crippen LogP contribution is 2.33. The van der Waals surface area contributed by atoms with Crippen LogP contribution in [0.4, 0.5) is 0 Å². The first kappa shape index (κ1) is 28.6. The number of nitrogens with zero attached hydrogens (tertiary/aromatic N) is 2. The van der Waals surface area contributed by atoms with Crippen LogP contribution in [0.5, 0.6) is 11.5 Å². The largest absolute Gasteiger partial charge is 0.490 e. The SMILES string of the molecule is CCOC(=O)COc1cc(Br)c(/C=N/NC(=O)c2ccc(-n3c(C)ccc3-c3ccccc3)cc2)cc1OCC. The molecule has 0 unspecified atom stereocenters. The van der Waals surface area contributed by atoms with Crippen LogP contribution in [0.25, 0.3) is 16.9 Å². The number of halogens is 1. The van der Waals surface area contributed by atoms with Crippen molar-refractivity contribution in [2.75, 3.05) is 19.8 Å². The number of rotatable bonds is 11. The van der Waals surface area contributed by atoms with Crippen LogP contribution in [0.2, 0.25) is 0 Å². The van der Waals surface area contributed by atoms with Gasteiger partial charge in [-0.25, -0.2) is 10.2 Å². The normalized spacial score (nSPS) is 10.9. The van der Waals surface area contributed by atoms with Gasteiger partial charge in [-0.05, 0) is 90.8 Å². The van der Waals surface area contributed by atoms with Crippen molar-refractivity contribution in [1.82, 2.24) is 9.99 Å². The van der Waals surface area contributed by atoms with Crippen LogP contribution >= 0.6 is 15.9 Å². The number of aryl methyl sites for hydroxylation is 1. The van der Waals surface area contributed by atoms with Crippen molar-refractivity contribution in [3.8, 4) is 28.4 Å². The topological polar surface area (TPSA) is 91.2 Å². The molecule has 1 aromatic heterocycles. The Bertz CT molecular complexity index is 1500. The van der Waals surface area contributed by atoms with Gasteiger partial charge in [0.05, 0.1) is 25.1 Å². The highest BCUT2D eigenvalue weighted by Gasteiger charge is 2.14. The zero-order valence-corrected chi connectivity index (χ0v) is 24.1. The van der Waals surface area contributed by atoms with Gasteiger partial charge in [-0.3, -0.25) is 4.79 Å². The van der Waals surface area contributed by atoms with E-state index in [-0.39, 0.29) is 19.1 Å². The molecule has 3 aromatic carbocycles. The lowest BCUT2D eigenvalue weighted by Gasteiger charge is -2.13. The number of amides is 1. The summed E-state index contributed by atoms with van der Waals surface area (Å²) in [7, 11) is 0. The Morgan fingerprint density at radius 1 is 0.925 bits per heavy atom. The number of hydrogen-bond acceptors (Lipinski definition) is 6. The van der Waals surface area contributed by atoms with E-state index in [0.717, 1.165) is 22.6 Å². The lowest BCUT2D eigenvalue weighted by Crippen LogP contribution is -2.17. The van der Waals surface area contributed by atoms with E-state index in [1.54, 1.807) is 31.2 Å². The molecule has 4 rings (SSSR count). The highest BCUT2D eigenvalue weighted by molar-refractivity contribution is 9.10. The third kappa shape index (κ3) is 6.98. The Morgan fingerprint density at radius 2 is 1.65 bits per heavy atom. The molecule has 0 bridgehead atoms. The first-order chi connectivity index (χ1) is 19.4. The van der Waals surface area contributed by atoms with Gasteiger partial charge in [0.25, 0.3) is 5.91 Å². The first-order valence-corrected chi connectivity index (χ1v) is 13.6. The van der Waals surface area contributed by atoms with Crippen molar-refractivity contribution >= 4 is 34.0 Å². The third-order valence-corrected chi connectivity index (χ3v) is 6.60. The second kappa shape index (κ2) is 13.6. The number of carbonyl (C=O) groups is 2. The number of hydrogen-bond donors (Lipinski definition) is 1. The minimum atomic E-state index is -0.470. The number of aromatic nitrogens is 1. The summed E-state index contributed by atoms with van der Waals surface area (Å²) in [6, 6.07) is 25.1. The van der Waals surface area contributed by atoms with Gasteiger partial charge in [0.1, 0.15) is 0 Å². The molecule has 0 aliphatic rings. The summed E-state index contributed by atoms with van der Waals surface area (Å²) < 4.78 is 18.9. The molecule has 206 valence electrons. The van der Waals surface area contributed by atoms with Crippen molar-refractivity contribution < 1.29 is 23.8 Å². The van der Waals surface area contributed by atoms with E-state index >= 15 is 0 Å².